The van der Waals surface area contributed by atoms with Crippen LogP contribution in [0.15, 0.2) is 36.7 Å². The van der Waals surface area contributed by atoms with E-state index in [1.165, 1.54) is 6.07 Å². The molecule has 0 unspecified atom stereocenters. The minimum atomic E-state index is -0.650. The van der Waals surface area contributed by atoms with Crippen LogP contribution in [-0.2, 0) is 13.0 Å². The average molecular weight is 331 g/mol. The first kappa shape index (κ1) is 16.6. The molecular weight excluding hydrogens is 309 g/mol. The van der Waals surface area contributed by atoms with Crippen molar-refractivity contribution in [1.29, 1.82) is 0 Å². The molecule has 1 amide bonds. The van der Waals surface area contributed by atoms with Crippen LogP contribution >= 0.6 is 0 Å². The molecule has 0 spiro atoms. The van der Waals surface area contributed by atoms with Crippen molar-refractivity contribution >= 4 is 5.91 Å². The number of aliphatic hydroxyl groups is 1. The highest BCUT2D eigenvalue weighted by Crippen LogP contribution is 2.24. The Hall–Kier alpha value is -2.21. The second kappa shape index (κ2) is 7.13. The van der Waals surface area contributed by atoms with E-state index in [9.17, 15) is 14.3 Å². The Morgan fingerprint density at radius 3 is 2.92 bits per heavy atom. The third-order valence-electron chi connectivity index (χ3n) is 4.60. The zero-order chi connectivity index (χ0) is 17.1. The highest BCUT2D eigenvalue weighted by molar-refractivity contribution is 5.94. The highest BCUT2D eigenvalue weighted by Gasteiger charge is 2.34. The summed E-state index contributed by atoms with van der Waals surface area (Å²) in [6, 6.07) is 6.09. The molecule has 3 rings (SSSR count). The van der Waals surface area contributed by atoms with E-state index in [0.29, 0.717) is 37.1 Å². The number of hydrogen-bond donors (Lipinski definition) is 1. The van der Waals surface area contributed by atoms with Crippen molar-refractivity contribution in [1.82, 2.24) is 14.7 Å². The third-order valence-corrected chi connectivity index (χ3v) is 4.60. The van der Waals surface area contributed by atoms with Gasteiger partial charge in [0.2, 0.25) is 0 Å². The molecule has 1 aromatic carbocycles. The molecule has 128 valence electrons. The predicted octanol–water partition coefficient (Wildman–Crippen LogP) is 2.25. The van der Waals surface area contributed by atoms with Gasteiger partial charge in [-0.3, -0.25) is 9.48 Å². The predicted molar refractivity (Wildman–Crippen MR) is 88.1 cm³/mol. The van der Waals surface area contributed by atoms with E-state index in [-0.39, 0.29) is 11.7 Å². The number of aliphatic hydroxyl groups excluding tert-OH is 1. The number of piperidine rings is 1. The van der Waals surface area contributed by atoms with Gasteiger partial charge in [0, 0.05) is 19.3 Å². The van der Waals surface area contributed by atoms with Crippen molar-refractivity contribution in [2.24, 2.45) is 0 Å². The molecule has 1 aliphatic rings. The standard InChI is InChI=1S/C18H22FN3O2/c1-2-21-12-14(11-20-21)18(24)22-9-5-8-17(23)16(22)10-13-6-3-4-7-15(13)19/h3-4,6-7,11-12,16-17,23H,2,5,8-10H2,1H3/t16-,17-/m0/s1. The van der Waals surface area contributed by atoms with Crippen LogP contribution in [0.2, 0.25) is 0 Å². The number of aryl methyl sites for hydroxylation is 1. The molecule has 1 saturated heterocycles. The van der Waals surface area contributed by atoms with Gasteiger partial charge < -0.3 is 10.0 Å². The van der Waals surface area contributed by atoms with Gasteiger partial charge in [0.15, 0.2) is 0 Å². The Kier molecular flexibility index (Phi) is 4.94. The number of nitrogens with zero attached hydrogens (tertiary/aromatic N) is 3. The summed E-state index contributed by atoms with van der Waals surface area (Å²) in [6.45, 7) is 3.20. The summed E-state index contributed by atoms with van der Waals surface area (Å²) in [5, 5.41) is 14.5. The maximum absolute atomic E-state index is 14.0. The van der Waals surface area contributed by atoms with Crippen molar-refractivity contribution in [3.05, 3.63) is 53.6 Å². The van der Waals surface area contributed by atoms with E-state index in [1.54, 1.807) is 40.2 Å². The quantitative estimate of drug-likeness (QED) is 0.935. The Labute approximate surface area is 140 Å². The van der Waals surface area contributed by atoms with Crippen LogP contribution in [0.5, 0.6) is 0 Å². The second-order valence-electron chi connectivity index (χ2n) is 6.16. The van der Waals surface area contributed by atoms with Gasteiger partial charge >= 0.3 is 0 Å². The first-order valence-electron chi connectivity index (χ1n) is 8.35. The molecule has 0 bridgehead atoms. The topological polar surface area (TPSA) is 58.4 Å². The molecule has 0 aliphatic carbocycles. The van der Waals surface area contributed by atoms with Gasteiger partial charge in [-0.25, -0.2) is 4.39 Å². The molecule has 2 atom stereocenters. The Morgan fingerprint density at radius 2 is 2.21 bits per heavy atom. The zero-order valence-electron chi connectivity index (χ0n) is 13.7. The summed E-state index contributed by atoms with van der Waals surface area (Å²) in [6.07, 6.45) is 4.28. The van der Waals surface area contributed by atoms with Gasteiger partial charge in [-0.2, -0.15) is 5.10 Å². The molecule has 1 N–H and O–H groups in total. The van der Waals surface area contributed by atoms with Crippen molar-refractivity contribution in [3.63, 3.8) is 0 Å². The number of halogens is 1. The molecule has 5 nitrogen and oxygen atoms in total. The highest BCUT2D eigenvalue weighted by atomic mass is 19.1. The Morgan fingerprint density at radius 1 is 1.42 bits per heavy atom. The lowest BCUT2D eigenvalue weighted by molar-refractivity contribution is 0.0116. The molecule has 1 aliphatic heterocycles. The van der Waals surface area contributed by atoms with E-state index >= 15 is 0 Å². The molecule has 1 aromatic heterocycles. The molecular formula is C18H22FN3O2. The van der Waals surface area contributed by atoms with Gasteiger partial charge in [0.25, 0.3) is 5.91 Å². The molecule has 24 heavy (non-hydrogen) atoms. The number of hydrogen-bond acceptors (Lipinski definition) is 3. The van der Waals surface area contributed by atoms with E-state index in [2.05, 4.69) is 5.10 Å². The number of carbonyl (C=O) groups excluding carboxylic acids is 1. The summed E-state index contributed by atoms with van der Waals surface area (Å²) < 4.78 is 15.7. The fraction of sp³-hybridized carbons (Fsp3) is 0.444. The lowest BCUT2D eigenvalue weighted by Gasteiger charge is -2.39. The third kappa shape index (κ3) is 3.33. The van der Waals surface area contributed by atoms with Gasteiger partial charge in [-0.05, 0) is 37.8 Å². The monoisotopic (exact) mass is 331 g/mol. The summed E-state index contributed by atoms with van der Waals surface area (Å²) in [7, 11) is 0. The summed E-state index contributed by atoms with van der Waals surface area (Å²) in [4.78, 5) is 14.5. The summed E-state index contributed by atoms with van der Waals surface area (Å²) >= 11 is 0. The number of amides is 1. The number of benzene rings is 1. The van der Waals surface area contributed by atoms with Crippen LogP contribution in [0, 0.1) is 5.82 Å². The van der Waals surface area contributed by atoms with Crippen LogP contribution in [0.4, 0.5) is 4.39 Å². The number of aromatic nitrogens is 2. The van der Waals surface area contributed by atoms with Crippen LogP contribution in [-0.4, -0.2) is 44.4 Å². The zero-order valence-corrected chi connectivity index (χ0v) is 13.7. The fourth-order valence-corrected chi connectivity index (χ4v) is 3.24. The van der Waals surface area contributed by atoms with E-state index in [0.717, 1.165) is 6.42 Å². The molecule has 2 aromatic rings. The maximum atomic E-state index is 14.0. The maximum Gasteiger partial charge on any atom is 0.257 e. The van der Waals surface area contributed by atoms with Crippen molar-refractivity contribution in [2.75, 3.05) is 6.54 Å². The first-order chi connectivity index (χ1) is 11.6. The minimum absolute atomic E-state index is 0.158. The van der Waals surface area contributed by atoms with Crippen LogP contribution in [0.1, 0.15) is 35.7 Å². The van der Waals surface area contributed by atoms with Gasteiger partial charge in [0.1, 0.15) is 5.82 Å². The van der Waals surface area contributed by atoms with E-state index in [4.69, 9.17) is 0 Å². The summed E-state index contributed by atoms with van der Waals surface area (Å²) in [5.74, 6) is -0.462. The lowest BCUT2D eigenvalue weighted by atomic mass is 9.92. The van der Waals surface area contributed by atoms with E-state index in [1.807, 2.05) is 6.92 Å². The van der Waals surface area contributed by atoms with Gasteiger partial charge in [0.05, 0.1) is 23.9 Å². The Balaban J connectivity index is 1.83. The van der Waals surface area contributed by atoms with E-state index < -0.39 is 12.1 Å². The van der Waals surface area contributed by atoms with Crippen LogP contribution < -0.4 is 0 Å². The Bertz CT molecular complexity index is 716. The van der Waals surface area contributed by atoms with Crippen LogP contribution in [0.25, 0.3) is 0 Å². The van der Waals surface area contributed by atoms with Crippen molar-refractivity contribution in [3.8, 4) is 0 Å². The van der Waals surface area contributed by atoms with Crippen molar-refractivity contribution in [2.45, 2.75) is 44.9 Å². The normalized spacial score (nSPS) is 21.0. The number of carbonyl (C=O) groups is 1. The molecule has 0 saturated carbocycles. The van der Waals surface area contributed by atoms with Gasteiger partial charge in [-0.1, -0.05) is 18.2 Å². The van der Waals surface area contributed by atoms with Crippen LogP contribution in [0.3, 0.4) is 0 Å². The van der Waals surface area contributed by atoms with Crippen molar-refractivity contribution < 1.29 is 14.3 Å². The SMILES string of the molecule is CCn1cc(C(=O)N2CCC[C@H](O)[C@@H]2Cc2ccccc2F)cn1. The smallest absolute Gasteiger partial charge is 0.257 e. The number of rotatable bonds is 4. The molecule has 6 heteroatoms. The second-order valence-corrected chi connectivity index (χ2v) is 6.16. The summed E-state index contributed by atoms with van der Waals surface area (Å²) in [5.41, 5.74) is 1.02. The first-order valence-corrected chi connectivity index (χ1v) is 8.35. The molecule has 0 radical (unpaired) electrons. The molecule has 1 fully saturated rings. The lowest BCUT2D eigenvalue weighted by Crippen LogP contribution is -2.52. The molecule has 2 heterocycles. The van der Waals surface area contributed by atoms with Gasteiger partial charge in [-0.15, -0.1) is 0 Å². The largest absolute Gasteiger partial charge is 0.391 e. The minimum Gasteiger partial charge on any atom is -0.391 e. The fourth-order valence-electron chi connectivity index (χ4n) is 3.24. The average Bonchev–Trinajstić information content (AvgIpc) is 3.07. The number of likely N-dealkylation sites (tertiary alicyclic amines) is 1.